The van der Waals surface area contributed by atoms with E-state index in [1.165, 1.54) is 0 Å². The van der Waals surface area contributed by atoms with Crippen molar-refractivity contribution < 1.29 is 4.74 Å². The molecule has 1 nitrogen and oxygen atoms in total. The van der Waals surface area contributed by atoms with Crippen LogP contribution in [0.5, 0.6) is 0 Å². The maximum Gasteiger partial charge on any atom is 0.0720 e. The van der Waals surface area contributed by atoms with Crippen molar-refractivity contribution in [2.75, 3.05) is 0 Å². The number of hydrogen-bond donors (Lipinski definition) is 0. The Morgan fingerprint density at radius 3 is 2.69 bits per heavy atom. The third kappa shape index (κ3) is 3.67. The Morgan fingerprint density at radius 1 is 1.46 bits per heavy atom. The Morgan fingerprint density at radius 2 is 2.15 bits per heavy atom. The van der Waals surface area contributed by atoms with E-state index < -0.39 is 0 Å². The molecule has 0 N–H and O–H groups in total. The Labute approximate surface area is 92.2 Å². The minimum absolute atomic E-state index is 0.259. The maximum absolute atomic E-state index is 5.86. The molecule has 0 unspecified atom stereocenters. The lowest BCUT2D eigenvalue weighted by atomic mass is 10.2. The summed E-state index contributed by atoms with van der Waals surface area (Å²) < 4.78 is 6.37. The van der Waals surface area contributed by atoms with Crippen molar-refractivity contribution in [3.05, 3.63) is 33.3 Å². The van der Waals surface area contributed by atoms with Crippen LogP contribution in [-0.2, 0) is 11.3 Å². The van der Waals surface area contributed by atoms with Gasteiger partial charge in [-0.3, -0.25) is 0 Å². The molecular formula is C10H12BrClO. The second-order valence-electron chi connectivity index (χ2n) is 3.11. The first-order valence-electron chi connectivity index (χ1n) is 4.15. The van der Waals surface area contributed by atoms with Gasteiger partial charge in [-0.2, -0.15) is 0 Å². The predicted molar refractivity (Wildman–Crippen MR) is 59.1 cm³/mol. The molecule has 13 heavy (non-hydrogen) atoms. The molecule has 1 aromatic carbocycles. The molecule has 0 aliphatic heterocycles. The molecule has 0 radical (unpaired) electrons. The Balaban J connectivity index is 2.63. The smallest absolute Gasteiger partial charge is 0.0720 e. The van der Waals surface area contributed by atoms with Gasteiger partial charge < -0.3 is 4.74 Å². The van der Waals surface area contributed by atoms with Crippen LogP contribution in [0.15, 0.2) is 22.7 Å². The minimum Gasteiger partial charge on any atom is -0.374 e. The van der Waals surface area contributed by atoms with E-state index in [1.54, 1.807) is 0 Å². The molecular weight excluding hydrogens is 251 g/mol. The van der Waals surface area contributed by atoms with E-state index in [-0.39, 0.29) is 6.10 Å². The molecule has 0 aromatic heterocycles. The number of hydrogen-bond acceptors (Lipinski definition) is 1. The lowest BCUT2D eigenvalue weighted by molar-refractivity contribution is 0.0657. The van der Waals surface area contributed by atoms with Crippen LogP contribution in [0.1, 0.15) is 19.4 Å². The van der Waals surface area contributed by atoms with Crippen LogP contribution in [0.4, 0.5) is 0 Å². The first kappa shape index (κ1) is 11.0. The van der Waals surface area contributed by atoms with Crippen LogP contribution in [0, 0.1) is 0 Å². The van der Waals surface area contributed by atoms with Gasteiger partial charge in [-0.05, 0) is 47.5 Å². The molecule has 0 saturated carbocycles. The highest BCUT2D eigenvalue weighted by Crippen LogP contribution is 2.23. The van der Waals surface area contributed by atoms with Crippen molar-refractivity contribution in [2.24, 2.45) is 0 Å². The van der Waals surface area contributed by atoms with Gasteiger partial charge in [-0.25, -0.2) is 0 Å². The first-order valence-corrected chi connectivity index (χ1v) is 5.32. The van der Waals surface area contributed by atoms with E-state index in [4.69, 9.17) is 16.3 Å². The molecule has 0 fully saturated rings. The second kappa shape index (κ2) is 4.99. The van der Waals surface area contributed by atoms with E-state index in [0.717, 1.165) is 15.1 Å². The lowest BCUT2D eigenvalue weighted by Crippen LogP contribution is -2.01. The van der Waals surface area contributed by atoms with Gasteiger partial charge in [0.1, 0.15) is 0 Å². The summed E-state index contributed by atoms with van der Waals surface area (Å²) in [7, 11) is 0. The summed E-state index contributed by atoms with van der Waals surface area (Å²) in [6, 6.07) is 5.81. The first-order chi connectivity index (χ1) is 6.09. The molecule has 0 spiro atoms. The van der Waals surface area contributed by atoms with Gasteiger partial charge >= 0.3 is 0 Å². The zero-order valence-electron chi connectivity index (χ0n) is 7.68. The average molecular weight is 264 g/mol. The van der Waals surface area contributed by atoms with E-state index in [9.17, 15) is 0 Å². The SMILES string of the molecule is CC(C)OCc1ccc(Cl)c(Br)c1. The fraction of sp³-hybridized carbons (Fsp3) is 0.400. The van der Waals surface area contributed by atoms with Gasteiger partial charge in [-0.15, -0.1) is 0 Å². The molecule has 0 saturated heterocycles. The van der Waals surface area contributed by atoms with E-state index in [1.807, 2.05) is 32.0 Å². The van der Waals surface area contributed by atoms with Crippen molar-refractivity contribution in [1.82, 2.24) is 0 Å². The van der Waals surface area contributed by atoms with Crippen LogP contribution < -0.4 is 0 Å². The van der Waals surface area contributed by atoms with Gasteiger partial charge in [0.05, 0.1) is 17.7 Å². The Hall–Kier alpha value is -0.0500. The summed E-state index contributed by atoms with van der Waals surface area (Å²) in [6.07, 6.45) is 0.259. The van der Waals surface area contributed by atoms with Gasteiger partial charge in [0.15, 0.2) is 0 Å². The second-order valence-corrected chi connectivity index (χ2v) is 4.37. The van der Waals surface area contributed by atoms with Crippen LogP contribution >= 0.6 is 27.5 Å². The van der Waals surface area contributed by atoms with Gasteiger partial charge in [0, 0.05) is 4.47 Å². The molecule has 0 aliphatic carbocycles. The fourth-order valence-corrected chi connectivity index (χ4v) is 1.44. The van der Waals surface area contributed by atoms with E-state index >= 15 is 0 Å². The third-order valence-corrected chi connectivity index (χ3v) is 2.78. The summed E-state index contributed by atoms with van der Waals surface area (Å²) in [6.45, 7) is 4.67. The molecule has 1 rings (SSSR count). The van der Waals surface area contributed by atoms with Crippen molar-refractivity contribution in [3.8, 4) is 0 Å². The van der Waals surface area contributed by atoms with Gasteiger partial charge in [0.25, 0.3) is 0 Å². The third-order valence-electron chi connectivity index (χ3n) is 1.57. The fourth-order valence-electron chi connectivity index (χ4n) is 0.892. The minimum atomic E-state index is 0.259. The highest BCUT2D eigenvalue weighted by atomic mass is 79.9. The standard InChI is InChI=1S/C10H12BrClO/c1-7(2)13-6-8-3-4-10(12)9(11)5-8/h3-5,7H,6H2,1-2H3. The normalized spacial score (nSPS) is 10.8. The van der Waals surface area contributed by atoms with Crippen LogP contribution in [0.25, 0.3) is 0 Å². The lowest BCUT2D eigenvalue weighted by Gasteiger charge is -2.07. The van der Waals surface area contributed by atoms with Gasteiger partial charge in [0.2, 0.25) is 0 Å². The Bertz CT molecular complexity index is 286. The van der Waals surface area contributed by atoms with Crippen LogP contribution in [-0.4, -0.2) is 6.10 Å². The van der Waals surface area contributed by atoms with Crippen LogP contribution in [0.3, 0.4) is 0 Å². The van der Waals surface area contributed by atoms with Crippen LogP contribution in [0.2, 0.25) is 5.02 Å². The highest BCUT2D eigenvalue weighted by Gasteiger charge is 2.00. The average Bonchev–Trinajstić information content (AvgIpc) is 2.07. The summed E-state index contributed by atoms with van der Waals surface area (Å²) in [5, 5.41) is 0.730. The van der Waals surface area contributed by atoms with Gasteiger partial charge in [-0.1, -0.05) is 17.7 Å². The molecule has 72 valence electrons. The summed E-state index contributed by atoms with van der Waals surface area (Å²) in [4.78, 5) is 0. The molecule has 1 aromatic rings. The number of benzene rings is 1. The van der Waals surface area contributed by atoms with E-state index in [2.05, 4.69) is 15.9 Å². The summed E-state index contributed by atoms with van der Waals surface area (Å²) in [5.74, 6) is 0. The molecule has 0 aliphatic rings. The number of rotatable bonds is 3. The maximum atomic E-state index is 5.86. The number of halogens is 2. The summed E-state index contributed by atoms with van der Waals surface area (Å²) in [5.41, 5.74) is 1.13. The topological polar surface area (TPSA) is 9.23 Å². The molecule has 0 bridgehead atoms. The molecule has 3 heteroatoms. The van der Waals surface area contributed by atoms with E-state index in [0.29, 0.717) is 6.61 Å². The van der Waals surface area contributed by atoms with Crippen molar-refractivity contribution in [2.45, 2.75) is 26.6 Å². The predicted octanol–water partition coefficient (Wildman–Crippen LogP) is 4.03. The Kier molecular flexibility index (Phi) is 4.23. The monoisotopic (exact) mass is 262 g/mol. The van der Waals surface area contributed by atoms with Crippen molar-refractivity contribution in [3.63, 3.8) is 0 Å². The quantitative estimate of drug-likeness (QED) is 0.800. The largest absolute Gasteiger partial charge is 0.374 e. The zero-order valence-corrected chi connectivity index (χ0v) is 10.0. The zero-order chi connectivity index (χ0) is 9.84. The number of ether oxygens (including phenoxy) is 1. The summed E-state index contributed by atoms with van der Waals surface area (Å²) >= 11 is 9.22. The molecule has 0 amide bonds. The highest BCUT2D eigenvalue weighted by molar-refractivity contribution is 9.10. The van der Waals surface area contributed by atoms with Crippen molar-refractivity contribution >= 4 is 27.5 Å². The van der Waals surface area contributed by atoms with Crippen molar-refractivity contribution in [1.29, 1.82) is 0 Å². The molecule has 0 atom stereocenters. The molecule has 0 heterocycles.